The number of carboxylic acids is 1. The number of carboxylic acid groups (broad SMARTS) is 1. The number of rotatable bonds is 34. The van der Waals surface area contributed by atoms with Gasteiger partial charge in [0, 0.05) is 32.1 Å². The number of nitrogens with one attached hydrogen (secondary N) is 4. The van der Waals surface area contributed by atoms with Gasteiger partial charge in [-0.2, -0.15) is 0 Å². The lowest BCUT2D eigenvalue weighted by Gasteiger charge is -2.26. The van der Waals surface area contributed by atoms with Crippen LogP contribution in [0.4, 0.5) is 0 Å². The molecule has 0 fully saturated rings. The highest BCUT2D eigenvalue weighted by atomic mass is 16.6. The molecule has 0 aromatic rings. The van der Waals surface area contributed by atoms with E-state index in [0.29, 0.717) is 13.0 Å². The molecule has 0 aliphatic carbocycles. The Balaban J connectivity index is 5.54. The number of hydrogen-bond acceptors (Lipinski definition) is 15. The van der Waals surface area contributed by atoms with Crippen molar-refractivity contribution in [1.82, 2.24) is 21.3 Å². The molecule has 4 atom stereocenters. The van der Waals surface area contributed by atoms with Gasteiger partial charge in [-0.1, -0.05) is 57.8 Å². The van der Waals surface area contributed by atoms with Crippen LogP contribution < -0.4 is 21.3 Å². The van der Waals surface area contributed by atoms with Crippen LogP contribution in [-0.4, -0.2) is 117 Å². The van der Waals surface area contributed by atoms with Crippen molar-refractivity contribution in [1.29, 1.82) is 0 Å². The van der Waals surface area contributed by atoms with Gasteiger partial charge in [0.05, 0.1) is 0 Å². The van der Waals surface area contributed by atoms with Crippen molar-refractivity contribution in [2.24, 2.45) is 0 Å². The standard InChI is InChI=1S/C54H96N4O15/c1-50(2,3)69-45(64)27-25-23-21-19-17-16-18-20-22-24-26-36-55-37(46(65)70-51(4,5)6)28-32-41(59)56-38(47(66)71-52(7,8)9)29-33-42(60)57-39(48(67)72-53(10,11)12)30-34-43(61)58-40(31-35-44(62)63)49(68)73-54(13,14)15/h37-40,55H,16-36H2,1-15H3,(H,56,59)(H,57,60)(H,58,61)(H,62,63). The van der Waals surface area contributed by atoms with Crippen LogP contribution >= 0.6 is 0 Å². The van der Waals surface area contributed by atoms with E-state index in [2.05, 4.69) is 21.3 Å². The summed E-state index contributed by atoms with van der Waals surface area (Å²) in [6.45, 7) is 26.1. The van der Waals surface area contributed by atoms with Crippen molar-refractivity contribution in [2.75, 3.05) is 6.54 Å². The lowest BCUT2D eigenvalue weighted by molar-refractivity contribution is -0.160. The van der Waals surface area contributed by atoms with E-state index in [0.717, 1.165) is 70.6 Å². The average molecular weight is 1040 g/mol. The summed E-state index contributed by atoms with van der Waals surface area (Å²) in [5.74, 6) is -6.30. The van der Waals surface area contributed by atoms with Gasteiger partial charge in [0.15, 0.2) is 0 Å². The molecule has 0 rings (SSSR count). The number of carbonyl (C=O) groups excluding carboxylic acids is 8. The Morgan fingerprint density at radius 1 is 0.342 bits per heavy atom. The fourth-order valence-corrected chi connectivity index (χ4v) is 7.09. The first kappa shape index (κ1) is 68.2. The third-order valence-electron chi connectivity index (χ3n) is 10.3. The lowest BCUT2D eigenvalue weighted by atomic mass is 10.0. The third kappa shape index (κ3) is 39.3. The Morgan fingerprint density at radius 2 is 0.603 bits per heavy atom. The molecule has 5 N–H and O–H groups in total. The Labute approximate surface area is 436 Å². The minimum atomic E-state index is -1.35. The maximum absolute atomic E-state index is 13.5. The molecule has 0 aliphatic heterocycles. The van der Waals surface area contributed by atoms with Gasteiger partial charge >= 0.3 is 35.8 Å². The van der Waals surface area contributed by atoms with Crippen LogP contribution in [0.2, 0.25) is 0 Å². The van der Waals surface area contributed by atoms with Crippen LogP contribution in [0, 0.1) is 0 Å². The summed E-state index contributed by atoms with van der Waals surface area (Å²) in [6.07, 6.45) is 9.95. The predicted molar refractivity (Wildman–Crippen MR) is 277 cm³/mol. The Kier molecular flexibility index (Phi) is 31.0. The summed E-state index contributed by atoms with van der Waals surface area (Å²) in [5.41, 5.74) is -4.05. The summed E-state index contributed by atoms with van der Waals surface area (Å²) in [5, 5.41) is 20.2. The maximum atomic E-state index is 13.5. The Morgan fingerprint density at radius 3 is 0.904 bits per heavy atom. The van der Waals surface area contributed by atoms with Gasteiger partial charge in [0.1, 0.15) is 52.2 Å². The summed E-state index contributed by atoms with van der Waals surface area (Å²) in [4.78, 5) is 116. The van der Waals surface area contributed by atoms with E-state index in [1.54, 1.807) is 83.1 Å². The molecule has 19 nitrogen and oxygen atoms in total. The first-order chi connectivity index (χ1) is 33.4. The molecule has 0 aromatic heterocycles. The summed E-state index contributed by atoms with van der Waals surface area (Å²) >= 11 is 0. The van der Waals surface area contributed by atoms with Gasteiger partial charge in [0.2, 0.25) is 17.7 Å². The first-order valence-electron chi connectivity index (χ1n) is 26.4. The van der Waals surface area contributed by atoms with Crippen molar-refractivity contribution in [2.45, 2.75) is 284 Å². The van der Waals surface area contributed by atoms with E-state index in [1.807, 2.05) is 20.8 Å². The molecular weight excluding hydrogens is 945 g/mol. The fraction of sp³-hybridized carbons (Fsp3) is 0.833. The average Bonchev–Trinajstić information content (AvgIpc) is 3.20. The van der Waals surface area contributed by atoms with E-state index in [4.69, 9.17) is 23.7 Å². The molecular formula is C54H96N4O15. The molecule has 0 saturated heterocycles. The number of aliphatic carboxylic acids is 1. The smallest absolute Gasteiger partial charge is 0.329 e. The number of carbonyl (C=O) groups is 9. The normalized spacial score (nSPS) is 13.8. The molecule has 0 bridgehead atoms. The molecule has 0 heterocycles. The molecule has 422 valence electrons. The summed E-state index contributed by atoms with van der Waals surface area (Å²) in [6, 6.07) is -4.73. The maximum Gasteiger partial charge on any atom is 0.329 e. The molecule has 0 aromatic carbocycles. The molecule has 19 heteroatoms. The molecule has 0 saturated carbocycles. The Bertz CT molecular complexity index is 1750. The van der Waals surface area contributed by atoms with Crippen LogP contribution in [0.5, 0.6) is 0 Å². The topological polar surface area (TPSA) is 268 Å². The van der Waals surface area contributed by atoms with Gasteiger partial charge in [-0.3, -0.25) is 28.8 Å². The zero-order valence-electron chi connectivity index (χ0n) is 47.3. The van der Waals surface area contributed by atoms with Gasteiger partial charge in [-0.25, -0.2) is 14.4 Å². The quantitative estimate of drug-likeness (QED) is 0.0232. The van der Waals surface area contributed by atoms with Gasteiger partial charge in [-0.05, 0) is 149 Å². The minimum absolute atomic E-state index is 0.0620. The van der Waals surface area contributed by atoms with E-state index >= 15 is 0 Å². The minimum Gasteiger partial charge on any atom is -0.481 e. The third-order valence-corrected chi connectivity index (χ3v) is 10.3. The van der Waals surface area contributed by atoms with Crippen molar-refractivity contribution >= 4 is 53.5 Å². The number of amides is 3. The van der Waals surface area contributed by atoms with Crippen molar-refractivity contribution < 1.29 is 71.9 Å². The van der Waals surface area contributed by atoms with Crippen LogP contribution in [0.1, 0.15) is 232 Å². The zero-order valence-corrected chi connectivity index (χ0v) is 47.3. The summed E-state index contributed by atoms with van der Waals surface area (Å²) < 4.78 is 27.5. The predicted octanol–water partition coefficient (Wildman–Crippen LogP) is 7.99. The van der Waals surface area contributed by atoms with Crippen molar-refractivity contribution in [3.05, 3.63) is 0 Å². The number of esters is 5. The van der Waals surface area contributed by atoms with Crippen LogP contribution in [0.15, 0.2) is 0 Å². The number of unbranched alkanes of at least 4 members (excludes halogenated alkanes) is 10. The van der Waals surface area contributed by atoms with E-state index in [-0.39, 0.29) is 50.9 Å². The molecule has 0 radical (unpaired) electrons. The van der Waals surface area contributed by atoms with Crippen molar-refractivity contribution in [3.63, 3.8) is 0 Å². The molecule has 0 spiro atoms. The van der Waals surface area contributed by atoms with E-state index in [9.17, 15) is 48.3 Å². The number of ether oxygens (including phenoxy) is 5. The second-order valence-electron chi connectivity index (χ2n) is 23.8. The second kappa shape index (κ2) is 33.2. The Hall–Kier alpha value is -4.81. The molecule has 3 amide bonds. The highest BCUT2D eigenvalue weighted by Gasteiger charge is 2.33. The zero-order chi connectivity index (χ0) is 56.2. The molecule has 0 aliphatic rings. The number of hydrogen-bond donors (Lipinski definition) is 5. The van der Waals surface area contributed by atoms with Gasteiger partial charge in [0.25, 0.3) is 0 Å². The van der Waals surface area contributed by atoms with E-state index < -0.39 is 106 Å². The first-order valence-corrected chi connectivity index (χ1v) is 26.4. The SMILES string of the molecule is CC(C)(C)OC(=O)CCCCCCCCCCCCCNC(CCC(=O)NC(CCC(=O)NC(CCC(=O)NC(CCC(=O)O)C(=O)OC(C)(C)C)C(=O)OC(C)(C)C)C(=O)OC(C)(C)C)C(=O)OC(C)(C)C. The van der Waals surface area contributed by atoms with Crippen molar-refractivity contribution in [3.8, 4) is 0 Å². The van der Waals surface area contributed by atoms with Gasteiger partial charge in [-0.15, -0.1) is 0 Å². The van der Waals surface area contributed by atoms with Gasteiger partial charge < -0.3 is 50.1 Å². The summed E-state index contributed by atoms with van der Waals surface area (Å²) in [7, 11) is 0. The van der Waals surface area contributed by atoms with Crippen LogP contribution in [-0.2, 0) is 66.8 Å². The van der Waals surface area contributed by atoms with Crippen LogP contribution in [0.3, 0.4) is 0 Å². The monoisotopic (exact) mass is 1040 g/mol. The largest absolute Gasteiger partial charge is 0.481 e. The highest BCUT2D eigenvalue weighted by Crippen LogP contribution is 2.18. The molecule has 73 heavy (non-hydrogen) atoms. The second-order valence-corrected chi connectivity index (χ2v) is 23.8. The fourth-order valence-electron chi connectivity index (χ4n) is 7.09. The lowest BCUT2D eigenvalue weighted by Crippen LogP contribution is -2.48. The molecule has 4 unspecified atom stereocenters. The highest BCUT2D eigenvalue weighted by molar-refractivity contribution is 5.89. The van der Waals surface area contributed by atoms with E-state index in [1.165, 1.54) is 0 Å². The van der Waals surface area contributed by atoms with Crippen LogP contribution in [0.25, 0.3) is 0 Å².